The molecular weight excluding hydrogens is 315 g/mol. The van der Waals surface area contributed by atoms with Crippen molar-refractivity contribution in [3.8, 4) is 5.75 Å². The van der Waals surface area contributed by atoms with Crippen LogP contribution in [-0.2, 0) is 13.0 Å². The predicted molar refractivity (Wildman–Crippen MR) is 81.0 cm³/mol. The number of carbonyl (C=O) groups is 1. The van der Waals surface area contributed by atoms with E-state index < -0.39 is 11.8 Å². The highest BCUT2D eigenvalue weighted by Crippen LogP contribution is 2.31. The molecule has 21 heavy (non-hydrogen) atoms. The van der Waals surface area contributed by atoms with E-state index in [2.05, 4.69) is 0 Å². The van der Waals surface area contributed by atoms with E-state index in [0.717, 1.165) is 17.7 Å². The summed E-state index contributed by atoms with van der Waals surface area (Å²) in [6.45, 7) is 2.13. The third kappa shape index (κ3) is 3.95. The van der Waals surface area contributed by atoms with E-state index >= 15 is 0 Å². The van der Waals surface area contributed by atoms with Gasteiger partial charge in [-0.05, 0) is 24.6 Å². The molecule has 0 atom stereocenters. The van der Waals surface area contributed by atoms with Crippen LogP contribution in [0.25, 0.3) is 0 Å². The molecule has 0 saturated heterocycles. The lowest BCUT2D eigenvalue weighted by Crippen LogP contribution is -2.00. The summed E-state index contributed by atoms with van der Waals surface area (Å²) < 4.78 is 18.5. The molecular formula is C15H14ClFO3S. The van der Waals surface area contributed by atoms with Crippen LogP contribution in [0, 0.1) is 5.82 Å². The van der Waals surface area contributed by atoms with Crippen LogP contribution >= 0.6 is 22.9 Å². The van der Waals surface area contributed by atoms with Gasteiger partial charge in [-0.15, -0.1) is 11.3 Å². The Labute approximate surface area is 130 Å². The van der Waals surface area contributed by atoms with E-state index in [1.165, 1.54) is 29.5 Å². The molecule has 0 unspecified atom stereocenters. The van der Waals surface area contributed by atoms with Gasteiger partial charge in [-0.3, -0.25) is 0 Å². The molecule has 1 heterocycles. The molecule has 0 aliphatic heterocycles. The Morgan fingerprint density at radius 2 is 2.19 bits per heavy atom. The van der Waals surface area contributed by atoms with E-state index in [1.807, 2.05) is 6.92 Å². The molecule has 1 aromatic carbocycles. The molecule has 112 valence electrons. The second-order valence-corrected chi connectivity index (χ2v) is 6.03. The Hall–Kier alpha value is -1.59. The Morgan fingerprint density at radius 3 is 2.81 bits per heavy atom. The zero-order valence-corrected chi connectivity index (χ0v) is 12.9. The Kier molecular flexibility index (Phi) is 5.20. The van der Waals surface area contributed by atoms with Gasteiger partial charge in [-0.1, -0.05) is 31.0 Å². The summed E-state index contributed by atoms with van der Waals surface area (Å²) in [7, 11) is 0. The smallest absolute Gasteiger partial charge is 0.349 e. The summed E-state index contributed by atoms with van der Waals surface area (Å²) in [5.41, 5.74) is 0.609. The van der Waals surface area contributed by atoms with Gasteiger partial charge in [0, 0.05) is 10.4 Å². The first-order valence-corrected chi connectivity index (χ1v) is 7.63. The average molecular weight is 329 g/mol. The largest absolute Gasteiger partial charge is 0.487 e. The number of ether oxygens (including phenoxy) is 1. The van der Waals surface area contributed by atoms with Crippen LogP contribution < -0.4 is 4.74 Å². The van der Waals surface area contributed by atoms with Crippen molar-refractivity contribution in [2.24, 2.45) is 0 Å². The molecule has 3 nitrogen and oxygen atoms in total. The van der Waals surface area contributed by atoms with Gasteiger partial charge < -0.3 is 9.84 Å². The molecule has 1 N–H and O–H groups in total. The minimum Gasteiger partial charge on any atom is -0.487 e. The summed E-state index contributed by atoms with van der Waals surface area (Å²) in [5.74, 6) is -1.10. The monoisotopic (exact) mass is 328 g/mol. The van der Waals surface area contributed by atoms with Gasteiger partial charge in [0.2, 0.25) is 0 Å². The summed E-state index contributed by atoms with van der Waals surface area (Å²) in [5, 5.41) is 9.45. The molecule has 0 spiro atoms. The number of rotatable bonds is 6. The zero-order valence-electron chi connectivity index (χ0n) is 11.4. The van der Waals surface area contributed by atoms with Gasteiger partial charge in [0.1, 0.15) is 18.2 Å². The number of halogens is 2. The SMILES string of the molecule is CCCc1cc(OCc2ccc(F)cc2Cl)c(C(=O)O)s1. The maximum atomic E-state index is 13.0. The quantitative estimate of drug-likeness (QED) is 0.830. The first kappa shape index (κ1) is 15.8. The second kappa shape index (κ2) is 6.91. The molecule has 0 radical (unpaired) electrons. The number of hydrogen-bond donors (Lipinski definition) is 1. The van der Waals surface area contributed by atoms with Crippen LogP contribution in [0.2, 0.25) is 5.02 Å². The van der Waals surface area contributed by atoms with Gasteiger partial charge in [-0.25, -0.2) is 9.18 Å². The molecule has 0 fully saturated rings. The average Bonchev–Trinajstić information content (AvgIpc) is 2.81. The molecule has 0 aliphatic rings. The Morgan fingerprint density at radius 1 is 1.43 bits per heavy atom. The lowest BCUT2D eigenvalue weighted by molar-refractivity contribution is 0.0697. The van der Waals surface area contributed by atoms with Crippen LogP contribution in [0.1, 0.15) is 33.5 Å². The summed E-state index contributed by atoms with van der Waals surface area (Å²) in [6, 6.07) is 5.76. The first-order valence-electron chi connectivity index (χ1n) is 6.44. The summed E-state index contributed by atoms with van der Waals surface area (Å²) in [6.07, 6.45) is 1.74. The number of carboxylic acid groups (broad SMARTS) is 1. The molecule has 0 saturated carbocycles. The highest BCUT2D eigenvalue weighted by molar-refractivity contribution is 7.14. The summed E-state index contributed by atoms with van der Waals surface area (Å²) >= 11 is 7.14. The topological polar surface area (TPSA) is 46.5 Å². The summed E-state index contributed by atoms with van der Waals surface area (Å²) in [4.78, 5) is 12.4. The fourth-order valence-electron chi connectivity index (χ4n) is 1.84. The van der Waals surface area contributed by atoms with Gasteiger partial charge in [0.25, 0.3) is 0 Å². The normalized spacial score (nSPS) is 10.6. The van der Waals surface area contributed by atoms with Gasteiger partial charge >= 0.3 is 5.97 Å². The highest BCUT2D eigenvalue weighted by atomic mass is 35.5. The third-order valence-electron chi connectivity index (χ3n) is 2.84. The fraction of sp³-hybridized carbons (Fsp3) is 0.267. The molecule has 1 aromatic heterocycles. The number of thiophene rings is 1. The minimum absolute atomic E-state index is 0.0989. The fourth-order valence-corrected chi connectivity index (χ4v) is 3.10. The number of benzene rings is 1. The van der Waals surface area contributed by atoms with Crippen molar-refractivity contribution in [3.05, 3.63) is 50.4 Å². The van der Waals surface area contributed by atoms with Crippen molar-refractivity contribution < 1.29 is 19.0 Å². The maximum absolute atomic E-state index is 13.0. The molecule has 0 aliphatic carbocycles. The third-order valence-corrected chi connectivity index (χ3v) is 4.35. The van der Waals surface area contributed by atoms with E-state index in [9.17, 15) is 14.3 Å². The van der Waals surface area contributed by atoms with Crippen molar-refractivity contribution in [2.45, 2.75) is 26.4 Å². The van der Waals surface area contributed by atoms with Gasteiger partial charge in [-0.2, -0.15) is 0 Å². The van der Waals surface area contributed by atoms with Crippen molar-refractivity contribution >= 4 is 28.9 Å². The molecule has 6 heteroatoms. The van der Waals surface area contributed by atoms with Gasteiger partial charge in [0.15, 0.2) is 4.88 Å². The van der Waals surface area contributed by atoms with Crippen LogP contribution in [0.15, 0.2) is 24.3 Å². The number of hydrogen-bond acceptors (Lipinski definition) is 3. The van der Waals surface area contributed by atoms with Crippen molar-refractivity contribution in [3.63, 3.8) is 0 Å². The van der Waals surface area contributed by atoms with Crippen molar-refractivity contribution in [1.29, 1.82) is 0 Å². The first-order chi connectivity index (χ1) is 10.0. The number of carboxylic acids is 1. The standard InChI is InChI=1S/C15H14ClFO3S/c1-2-3-11-7-13(14(21-11)15(18)19)20-8-9-4-5-10(17)6-12(9)16/h4-7H,2-3,8H2,1H3,(H,18,19). The van der Waals surface area contributed by atoms with E-state index in [0.29, 0.717) is 11.3 Å². The molecule has 0 bridgehead atoms. The minimum atomic E-state index is -1.01. The van der Waals surface area contributed by atoms with Crippen LogP contribution in [-0.4, -0.2) is 11.1 Å². The van der Waals surface area contributed by atoms with Crippen LogP contribution in [0.5, 0.6) is 5.75 Å². The number of aromatic carboxylic acids is 1. The van der Waals surface area contributed by atoms with Crippen molar-refractivity contribution in [2.75, 3.05) is 0 Å². The molecule has 2 rings (SSSR count). The second-order valence-electron chi connectivity index (χ2n) is 4.49. The Bertz CT molecular complexity index is 654. The van der Waals surface area contributed by atoms with Crippen LogP contribution in [0.3, 0.4) is 0 Å². The van der Waals surface area contributed by atoms with Gasteiger partial charge in [0.05, 0.1) is 5.02 Å². The molecule has 2 aromatic rings. The highest BCUT2D eigenvalue weighted by Gasteiger charge is 2.17. The maximum Gasteiger partial charge on any atom is 0.349 e. The Balaban J connectivity index is 2.16. The van der Waals surface area contributed by atoms with E-state index in [1.54, 1.807) is 6.07 Å². The number of aryl methyl sites for hydroxylation is 1. The van der Waals surface area contributed by atoms with E-state index in [4.69, 9.17) is 16.3 Å². The lowest BCUT2D eigenvalue weighted by atomic mass is 10.2. The van der Waals surface area contributed by atoms with Crippen molar-refractivity contribution in [1.82, 2.24) is 0 Å². The zero-order chi connectivity index (χ0) is 15.4. The van der Waals surface area contributed by atoms with E-state index in [-0.39, 0.29) is 16.5 Å². The lowest BCUT2D eigenvalue weighted by Gasteiger charge is -2.07. The molecule has 0 amide bonds. The van der Waals surface area contributed by atoms with Crippen LogP contribution in [0.4, 0.5) is 4.39 Å². The predicted octanol–water partition coefficient (Wildman–Crippen LogP) is 4.77.